The van der Waals surface area contributed by atoms with Crippen LogP contribution in [0.5, 0.6) is 0 Å². The molecule has 144 valence electrons. The molecule has 2 aromatic carbocycles. The summed E-state index contributed by atoms with van der Waals surface area (Å²) < 4.78 is 0. The maximum absolute atomic E-state index is 12.6. The molecular weight excluding hydrogens is 338 g/mol. The molecule has 4 nitrogen and oxygen atoms in total. The van der Waals surface area contributed by atoms with Crippen LogP contribution in [0, 0.1) is 6.92 Å². The zero-order valence-electron chi connectivity index (χ0n) is 16.3. The monoisotopic (exact) mass is 367 g/mol. The first kappa shape index (κ1) is 20.7. The standard InChI is InChI=1S/C23H29NO3/c1-3-4-5-6-7-8-10-18-11-9-12-19(16-18)22(25)24-21-14-13-17(2)15-20(21)23(26)27/h9,11-16H,3-8,10H2,1-2H3,(H,24,25)(H,26,27). The molecular formula is C23H29NO3. The maximum atomic E-state index is 12.6. The Morgan fingerprint density at radius 2 is 1.70 bits per heavy atom. The average molecular weight is 367 g/mol. The summed E-state index contributed by atoms with van der Waals surface area (Å²) in [6, 6.07) is 12.6. The number of anilines is 1. The number of amides is 1. The van der Waals surface area contributed by atoms with Crippen molar-refractivity contribution in [1.82, 2.24) is 0 Å². The molecule has 0 spiro atoms. The van der Waals surface area contributed by atoms with Gasteiger partial charge in [-0.25, -0.2) is 4.79 Å². The van der Waals surface area contributed by atoms with Gasteiger partial charge >= 0.3 is 5.97 Å². The molecule has 27 heavy (non-hydrogen) atoms. The third-order valence-corrected chi connectivity index (χ3v) is 4.66. The molecule has 1 amide bonds. The van der Waals surface area contributed by atoms with E-state index in [1.165, 1.54) is 32.1 Å². The predicted molar refractivity (Wildman–Crippen MR) is 110 cm³/mol. The molecule has 0 atom stereocenters. The number of hydrogen-bond donors (Lipinski definition) is 2. The number of nitrogens with one attached hydrogen (secondary N) is 1. The summed E-state index contributed by atoms with van der Waals surface area (Å²) in [5, 5.41) is 12.1. The first-order chi connectivity index (χ1) is 13.0. The van der Waals surface area contributed by atoms with E-state index < -0.39 is 5.97 Å². The molecule has 0 bridgehead atoms. The van der Waals surface area contributed by atoms with Crippen molar-refractivity contribution >= 4 is 17.6 Å². The van der Waals surface area contributed by atoms with E-state index in [1.807, 2.05) is 25.1 Å². The van der Waals surface area contributed by atoms with Gasteiger partial charge in [-0.1, -0.05) is 62.8 Å². The van der Waals surface area contributed by atoms with Gasteiger partial charge in [-0.3, -0.25) is 4.79 Å². The fourth-order valence-corrected chi connectivity index (χ4v) is 3.12. The first-order valence-corrected chi connectivity index (χ1v) is 9.75. The average Bonchev–Trinajstić information content (AvgIpc) is 2.66. The van der Waals surface area contributed by atoms with Gasteiger partial charge in [0.05, 0.1) is 11.3 Å². The van der Waals surface area contributed by atoms with Crippen LogP contribution in [-0.2, 0) is 6.42 Å². The number of aromatic carboxylic acids is 1. The van der Waals surface area contributed by atoms with Gasteiger partial charge in [0.2, 0.25) is 0 Å². The molecule has 0 saturated heterocycles. The van der Waals surface area contributed by atoms with Crippen LogP contribution in [-0.4, -0.2) is 17.0 Å². The van der Waals surface area contributed by atoms with E-state index in [0.29, 0.717) is 11.3 Å². The number of aryl methyl sites for hydroxylation is 2. The van der Waals surface area contributed by atoms with Crippen LogP contribution >= 0.6 is 0 Å². The van der Waals surface area contributed by atoms with E-state index in [4.69, 9.17) is 0 Å². The predicted octanol–water partition coefficient (Wildman–Crippen LogP) is 5.85. The van der Waals surface area contributed by atoms with Crippen LogP contribution < -0.4 is 5.32 Å². The molecule has 0 aliphatic rings. The Morgan fingerprint density at radius 1 is 0.963 bits per heavy atom. The van der Waals surface area contributed by atoms with Gasteiger partial charge in [0.1, 0.15) is 0 Å². The first-order valence-electron chi connectivity index (χ1n) is 9.75. The fourth-order valence-electron chi connectivity index (χ4n) is 3.12. The molecule has 0 aliphatic heterocycles. The van der Waals surface area contributed by atoms with Crippen molar-refractivity contribution in [2.24, 2.45) is 0 Å². The van der Waals surface area contributed by atoms with Crippen molar-refractivity contribution in [3.63, 3.8) is 0 Å². The lowest BCUT2D eigenvalue weighted by Gasteiger charge is -2.10. The number of carboxylic acids is 1. The molecule has 0 saturated carbocycles. The highest BCUT2D eigenvalue weighted by atomic mass is 16.4. The SMILES string of the molecule is CCCCCCCCc1cccc(C(=O)Nc2ccc(C)cc2C(=O)O)c1. The number of rotatable bonds is 10. The van der Waals surface area contributed by atoms with Gasteiger partial charge in [0.25, 0.3) is 5.91 Å². The van der Waals surface area contributed by atoms with Gasteiger partial charge in [-0.05, 0) is 49.6 Å². The third-order valence-electron chi connectivity index (χ3n) is 4.66. The summed E-state index contributed by atoms with van der Waals surface area (Å²) >= 11 is 0. The quantitative estimate of drug-likeness (QED) is 0.518. The van der Waals surface area contributed by atoms with Crippen LogP contribution in [0.2, 0.25) is 0 Å². The number of benzene rings is 2. The molecule has 0 radical (unpaired) electrons. The number of carbonyl (C=O) groups excluding carboxylic acids is 1. The van der Waals surface area contributed by atoms with Gasteiger partial charge < -0.3 is 10.4 Å². The molecule has 2 rings (SSSR count). The Morgan fingerprint density at radius 3 is 2.44 bits per heavy atom. The topological polar surface area (TPSA) is 66.4 Å². The van der Waals surface area contributed by atoms with Crippen molar-refractivity contribution < 1.29 is 14.7 Å². The smallest absolute Gasteiger partial charge is 0.337 e. The highest BCUT2D eigenvalue weighted by molar-refractivity contribution is 6.07. The maximum Gasteiger partial charge on any atom is 0.337 e. The summed E-state index contributed by atoms with van der Waals surface area (Å²) in [4.78, 5) is 24.0. The summed E-state index contributed by atoms with van der Waals surface area (Å²) in [5.41, 5.74) is 2.95. The largest absolute Gasteiger partial charge is 0.478 e. The van der Waals surface area contributed by atoms with Crippen LogP contribution in [0.25, 0.3) is 0 Å². The zero-order chi connectivity index (χ0) is 19.6. The Bertz CT molecular complexity index is 783. The second-order valence-electron chi connectivity index (χ2n) is 7.03. The molecule has 0 aromatic heterocycles. The highest BCUT2D eigenvalue weighted by Crippen LogP contribution is 2.19. The van der Waals surface area contributed by atoms with Crippen LogP contribution in [0.15, 0.2) is 42.5 Å². The molecule has 0 heterocycles. The Balaban J connectivity index is 1.98. The molecule has 0 unspecified atom stereocenters. The normalized spacial score (nSPS) is 10.6. The lowest BCUT2D eigenvalue weighted by atomic mass is 10.0. The lowest BCUT2D eigenvalue weighted by molar-refractivity contribution is 0.0698. The van der Waals surface area contributed by atoms with Crippen molar-refractivity contribution in [2.75, 3.05) is 5.32 Å². The number of unbranched alkanes of at least 4 members (excludes halogenated alkanes) is 5. The van der Waals surface area contributed by atoms with Crippen molar-refractivity contribution in [1.29, 1.82) is 0 Å². The molecule has 0 fully saturated rings. The summed E-state index contributed by atoms with van der Waals surface area (Å²) in [6.07, 6.45) is 8.39. The van der Waals surface area contributed by atoms with Crippen molar-refractivity contribution in [2.45, 2.75) is 58.8 Å². The van der Waals surface area contributed by atoms with E-state index in [1.54, 1.807) is 24.3 Å². The van der Waals surface area contributed by atoms with E-state index in [-0.39, 0.29) is 11.5 Å². The lowest BCUT2D eigenvalue weighted by Crippen LogP contribution is -2.15. The number of carbonyl (C=O) groups is 2. The van der Waals surface area contributed by atoms with Gasteiger partial charge in [-0.2, -0.15) is 0 Å². The van der Waals surface area contributed by atoms with Gasteiger partial charge in [0.15, 0.2) is 0 Å². The Hall–Kier alpha value is -2.62. The molecule has 2 N–H and O–H groups in total. The van der Waals surface area contributed by atoms with Gasteiger partial charge in [-0.15, -0.1) is 0 Å². The van der Waals surface area contributed by atoms with Crippen molar-refractivity contribution in [3.05, 3.63) is 64.7 Å². The zero-order valence-corrected chi connectivity index (χ0v) is 16.3. The second kappa shape index (κ2) is 10.5. The van der Waals surface area contributed by atoms with Crippen LogP contribution in [0.1, 0.15) is 77.3 Å². The van der Waals surface area contributed by atoms with Crippen LogP contribution in [0.3, 0.4) is 0 Å². The van der Waals surface area contributed by atoms with E-state index in [2.05, 4.69) is 12.2 Å². The minimum atomic E-state index is -1.05. The van der Waals surface area contributed by atoms with Crippen molar-refractivity contribution in [3.8, 4) is 0 Å². The van der Waals surface area contributed by atoms with E-state index in [0.717, 1.165) is 24.0 Å². The number of hydrogen-bond acceptors (Lipinski definition) is 2. The molecule has 0 aliphatic carbocycles. The van der Waals surface area contributed by atoms with E-state index in [9.17, 15) is 14.7 Å². The van der Waals surface area contributed by atoms with Crippen LogP contribution in [0.4, 0.5) is 5.69 Å². The summed E-state index contributed by atoms with van der Waals surface area (Å²) in [6.45, 7) is 4.04. The Kier molecular flexibility index (Phi) is 8.05. The second-order valence-corrected chi connectivity index (χ2v) is 7.03. The summed E-state index contributed by atoms with van der Waals surface area (Å²) in [5.74, 6) is -1.34. The minimum Gasteiger partial charge on any atom is -0.478 e. The molecule has 4 heteroatoms. The van der Waals surface area contributed by atoms with Gasteiger partial charge in [0, 0.05) is 5.56 Å². The molecule has 2 aromatic rings. The number of carboxylic acid groups (broad SMARTS) is 1. The van der Waals surface area contributed by atoms with E-state index >= 15 is 0 Å². The minimum absolute atomic E-state index is 0.103. The fraction of sp³-hybridized carbons (Fsp3) is 0.391. The third kappa shape index (κ3) is 6.55. The Labute approximate surface area is 161 Å². The summed E-state index contributed by atoms with van der Waals surface area (Å²) in [7, 11) is 0. The highest BCUT2D eigenvalue weighted by Gasteiger charge is 2.14.